The van der Waals surface area contributed by atoms with Gasteiger partial charge in [-0.15, -0.1) is 0 Å². The first-order chi connectivity index (χ1) is 11.9. The highest BCUT2D eigenvalue weighted by Crippen LogP contribution is 2.34. The molecule has 1 aromatic rings. The molecule has 2 saturated heterocycles. The summed E-state index contributed by atoms with van der Waals surface area (Å²) in [6, 6.07) is 7.98. The average molecular weight is 345 g/mol. The van der Waals surface area contributed by atoms with Crippen molar-refractivity contribution in [2.24, 2.45) is 11.8 Å². The summed E-state index contributed by atoms with van der Waals surface area (Å²) in [5.74, 6) is 0.604. The summed E-state index contributed by atoms with van der Waals surface area (Å²) < 4.78 is 11.3. The van der Waals surface area contributed by atoms with Gasteiger partial charge in [-0.3, -0.25) is 9.59 Å². The smallest absolute Gasteiger partial charge is 0.307 e. The van der Waals surface area contributed by atoms with Crippen molar-refractivity contribution >= 4 is 11.9 Å². The van der Waals surface area contributed by atoms with E-state index >= 15 is 0 Å². The summed E-state index contributed by atoms with van der Waals surface area (Å²) in [6.45, 7) is 7.72. The van der Waals surface area contributed by atoms with Gasteiger partial charge in [0.05, 0.1) is 18.9 Å². The van der Waals surface area contributed by atoms with Gasteiger partial charge < -0.3 is 14.4 Å². The number of para-hydroxylation sites is 1. The number of amides is 1. The van der Waals surface area contributed by atoms with Crippen LogP contribution in [0.3, 0.4) is 0 Å². The molecule has 3 rings (SSSR count). The summed E-state index contributed by atoms with van der Waals surface area (Å²) in [7, 11) is 0. The van der Waals surface area contributed by atoms with Crippen LogP contribution in [0.5, 0.6) is 5.75 Å². The molecule has 0 aromatic heterocycles. The third kappa shape index (κ3) is 3.97. The molecule has 0 radical (unpaired) electrons. The van der Waals surface area contributed by atoms with Crippen LogP contribution in [0.2, 0.25) is 0 Å². The molecule has 136 valence electrons. The zero-order valence-corrected chi connectivity index (χ0v) is 15.3. The van der Waals surface area contributed by atoms with Crippen LogP contribution in [0.25, 0.3) is 0 Å². The van der Waals surface area contributed by atoms with Gasteiger partial charge in [0.15, 0.2) is 0 Å². The minimum absolute atomic E-state index is 0.0384. The van der Waals surface area contributed by atoms with Crippen LogP contribution in [-0.4, -0.2) is 42.1 Å². The Balaban J connectivity index is 1.58. The lowest BCUT2D eigenvalue weighted by Crippen LogP contribution is -2.48. The van der Waals surface area contributed by atoms with Gasteiger partial charge in [-0.05, 0) is 45.2 Å². The number of hydrogen-bond acceptors (Lipinski definition) is 4. The number of cyclic esters (lactones) is 1. The molecule has 0 spiro atoms. The van der Waals surface area contributed by atoms with E-state index in [0.717, 1.165) is 30.7 Å². The zero-order chi connectivity index (χ0) is 18.0. The lowest BCUT2D eigenvalue weighted by atomic mass is 9.88. The van der Waals surface area contributed by atoms with Gasteiger partial charge in [0, 0.05) is 19.0 Å². The molecule has 0 aliphatic carbocycles. The maximum absolute atomic E-state index is 12.9. The average Bonchev–Trinajstić information content (AvgIpc) is 2.86. The molecular weight excluding hydrogens is 318 g/mol. The molecule has 2 fully saturated rings. The van der Waals surface area contributed by atoms with Crippen molar-refractivity contribution in [1.82, 2.24) is 4.90 Å². The van der Waals surface area contributed by atoms with Crippen molar-refractivity contribution in [3.63, 3.8) is 0 Å². The molecule has 2 aliphatic heterocycles. The van der Waals surface area contributed by atoms with Crippen LogP contribution in [-0.2, 0) is 14.3 Å². The fraction of sp³-hybridized carbons (Fsp3) is 0.600. The van der Waals surface area contributed by atoms with Gasteiger partial charge in [0.2, 0.25) is 5.91 Å². The predicted octanol–water partition coefficient (Wildman–Crippen LogP) is 2.95. The Labute approximate surface area is 149 Å². The fourth-order valence-electron chi connectivity index (χ4n) is 3.75. The van der Waals surface area contributed by atoms with Gasteiger partial charge in [0.1, 0.15) is 11.4 Å². The van der Waals surface area contributed by atoms with Crippen LogP contribution < -0.4 is 4.74 Å². The number of carbonyl (C=O) groups is 2. The highest BCUT2D eigenvalue weighted by atomic mass is 16.6. The van der Waals surface area contributed by atoms with Crippen molar-refractivity contribution < 1.29 is 19.1 Å². The minimum Gasteiger partial charge on any atom is -0.493 e. The van der Waals surface area contributed by atoms with Gasteiger partial charge in [0.25, 0.3) is 0 Å². The number of ether oxygens (including phenoxy) is 2. The normalized spacial score (nSPS) is 25.6. The molecule has 0 bridgehead atoms. The maximum Gasteiger partial charge on any atom is 0.307 e. The second-order valence-corrected chi connectivity index (χ2v) is 7.70. The van der Waals surface area contributed by atoms with E-state index in [1.165, 1.54) is 0 Å². The number of carbonyl (C=O) groups excluding carboxylic acids is 2. The second-order valence-electron chi connectivity index (χ2n) is 7.70. The number of esters is 1. The Morgan fingerprint density at radius 2 is 2.12 bits per heavy atom. The van der Waals surface area contributed by atoms with Crippen molar-refractivity contribution in [2.75, 3.05) is 19.7 Å². The molecule has 25 heavy (non-hydrogen) atoms. The number of nitrogens with zero attached hydrogens (tertiary/aromatic N) is 1. The van der Waals surface area contributed by atoms with E-state index in [9.17, 15) is 9.59 Å². The second kappa shape index (κ2) is 7.06. The largest absolute Gasteiger partial charge is 0.493 e. The number of piperidine rings is 1. The van der Waals surface area contributed by atoms with Gasteiger partial charge in [-0.1, -0.05) is 18.2 Å². The lowest BCUT2D eigenvalue weighted by Gasteiger charge is -2.36. The van der Waals surface area contributed by atoms with Gasteiger partial charge in [-0.25, -0.2) is 0 Å². The van der Waals surface area contributed by atoms with E-state index in [4.69, 9.17) is 9.47 Å². The van der Waals surface area contributed by atoms with E-state index in [0.29, 0.717) is 19.1 Å². The fourth-order valence-corrected chi connectivity index (χ4v) is 3.75. The molecule has 0 N–H and O–H groups in total. The molecule has 5 nitrogen and oxygen atoms in total. The van der Waals surface area contributed by atoms with Crippen molar-refractivity contribution in [1.29, 1.82) is 0 Å². The molecular formula is C20H27NO4. The number of hydrogen-bond donors (Lipinski definition) is 0. The van der Waals surface area contributed by atoms with Gasteiger partial charge >= 0.3 is 5.97 Å². The SMILES string of the molecule is Cc1ccccc1OC[C@@H]1CCCN(C(=O)[C@H]2CC(=O)OC2(C)C)C1. The topological polar surface area (TPSA) is 55.8 Å². The molecule has 2 atom stereocenters. The van der Waals surface area contributed by atoms with Crippen molar-refractivity contribution in [2.45, 2.75) is 45.6 Å². The predicted molar refractivity (Wildman–Crippen MR) is 94.3 cm³/mol. The summed E-state index contributed by atoms with van der Waals surface area (Å²) in [5, 5.41) is 0. The Hall–Kier alpha value is -2.04. The molecule has 1 aromatic carbocycles. The van der Waals surface area contributed by atoms with E-state index in [2.05, 4.69) is 0 Å². The first-order valence-corrected chi connectivity index (χ1v) is 9.06. The third-order valence-corrected chi connectivity index (χ3v) is 5.28. The Morgan fingerprint density at radius 3 is 2.80 bits per heavy atom. The van der Waals surface area contributed by atoms with E-state index < -0.39 is 5.60 Å². The third-order valence-electron chi connectivity index (χ3n) is 5.28. The van der Waals surface area contributed by atoms with Crippen LogP contribution in [0, 0.1) is 18.8 Å². The molecule has 5 heteroatoms. The number of aryl methyl sites for hydroxylation is 1. The van der Waals surface area contributed by atoms with E-state index in [1.807, 2.05) is 49.9 Å². The van der Waals surface area contributed by atoms with Crippen molar-refractivity contribution in [3.05, 3.63) is 29.8 Å². The minimum atomic E-state index is -0.710. The summed E-state index contributed by atoms with van der Waals surface area (Å²) in [6.07, 6.45) is 2.21. The number of likely N-dealkylation sites (tertiary alicyclic amines) is 1. The molecule has 2 aliphatic rings. The highest BCUT2D eigenvalue weighted by Gasteiger charge is 2.47. The number of rotatable bonds is 4. The summed E-state index contributed by atoms with van der Waals surface area (Å²) >= 11 is 0. The van der Waals surface area contributed by atoms with Crippen LogP contribution in [0.1, 0.15) is 38.7 Å². The standard InChI is InChI=1S/C20H27NO4/c1-14-7-4-5-9-17(14)24-13-15-8-6-10-21(12-15)19(23)16-11-18(22)25-20(16,2)3/h4-5,7,9,15-16H,6,8,10-13H2,1-3H3/t15-,16-/m1/s1. The molecule has 0 saturated carbocycles. The monoisotopic (exact) mass is 345 g/mol. The highest BCUT2D eigenvalue weighted by molar-refractivity contribution is 5.87. The quantitative estimate of drug-likeness (QED) is 0.787. The Morgan fingerprint density at radius 1 is 1.36 bits per heavy atom. The first-order valence-electron chi connectivity index (χ1n) is 9.06. The van der Waals surface area contributed by atoms with Crippen LogP contribution in [0.15, 0.2) is 24.3 Å². The maximum atomic E-state index is 12.9. The van der Waals surface area contributed by atoms with Gasteiger partial charge in [-0.2, -0.15) is 0 Å². The molecule has 2 heterocycles. The number of benzene rings is 1. The Bertz CT molecular complexity index is 655. The molecule has 1 amide bonds. The van der Waals surface area contributed by atoms with Crippen LogP contribution >= 0.6 is 0 Å². The van der Waals surface area contributed by atoms with E-state index in [1.54, 1.807) is 0 Å². The first kappa shape index (κ1) is 17.8. The molecule has 0 unspecified atom stereocenters. The zero-order valence-electron chi connectivity index (χ0n) is 15.3. The van der Waals surface area contributed by atoms with Crippen LogP contribution in [0.4, 0.5) is 0 Å². The van der Waals surface area contributed by atoms with E-state index in [-0.39, 0.29) is 24.2 Å². The lowest BCUT2D eigenvalue weighted by molar-refractivity contribution is -0.149. The Kier molecular flexibility index (Phi) is 5.02. The summed E-state index contributed by atoms with van der Waals surface area (Å²) in [4.78, 5) is 26.4. The van der Waals surface area contributed by atoms with Crippen molar-refractivity contribution in [3.8, 4) is 5.75 Å². The summed E-state index contributed by atoms with van der Waals surface area (Å²) in [5.41, 5.74) is 0.410.